The standard InChI is InChI=1S/C29H23N3O3/c1-18-7-3-4-8-23(18)28(31-35-19(2)33)29(34)20-11-14-22(15-12-20)32-26-10-6-5-9-24(26)25-17-21(30)13-16-27(25)32/h3-17H,30H2,1-2H3/b31-28-. The number of fused-ring (bicyclic) bond motifs is 3. The number of rotatable bonds is 5. The molecular weight excluding hydrogens is 438 g/mol. The summed E-state index contributed by atoms with van der Waals surface area (Å²) in [4.78, 5) is 29.7. The average molecular weight is 462 g/mol. The summed E-state index contributed by atoms with van der Waals surface area (Å²) in [5.74, 6) is -0.923. The highest BCUT2D eigenvalue weighted by molar-refractivity contribution is 6.51. The number of aryl methyl sites for hydroxylation is 1. The van der Waals surface area contributed by atoms with Crippen LogP contribution in [0.3, 0.4) is 0 Å². The summed E-state index contributed by atoms with van der Waals surface area (Å²) < 4.78 is 2.15. The van der Waals surface area contributed by atoms with Gasteiger partial charge in [-0.25, -0.2) is 4.79 Å². The first-order chi connectivity index (χ1) is 16.9. The van der Waals surface area contributed by atoms with E-state index in [1.807, 2.05) is 67.6 Å². The molecule has 0 aliphatic rings. The van der Waals surface area contributed by atoms with E-state index in [0.717, 1.165) is 33.1 Å². The Hall–Kier alpha value is -4.71. The van der Waals surface area contributed by atoms with E-state index in [-0.39, 0.29) is 11.5 Å². The van der Waals surface area contributed by atoms with Crippen molar-refractivity contribution in [2.45, 2.75) is 13.8 Å². The van der Waals surface area contributed by atoms with E-state index in [2.05, 4.69) is 21.9 Å². The summed E-state index contributed by atoms with van der Waals surface area (Å²) in [7, 11) is 0. The zero-order valence-electron chi connectivity index (χ0n) is 19.4. The summed E-state index contributed by atoms with van der Waals surface area (Å²) >= 11 is 0. The molecule has 0 amide bonds. The highest BCUT2D eigenvalue weighted by Gasteiger charge is 2.20. The van der Waals surface area contributed by atoms with E-state index < -0.39 is 5.97 Å². The molecule has 0 fully saturated rings. The van der Waals surface area contributed by atoms with E-state index >= 15 is 0 Å². The highest BCUT2D eigenvalue weighted by atomic mass is 16.7. The van der Waals surface area contributed by atoms with Crippen molar-refractivity contribution in [3.05, 3.63) is 108 Å². The lowest BCUT2D eigenvalue weighted by molar-refractivity contribution is -0.140. The monoisotopic (exact) mass is 461 g/mol. The molecule has 4 aromatic carbocycles. The molecular formula is C29H23N3O3. The zero-order chi connectivity index (χ0) is 24.5. The highest BCUT2D eigenvalue weighted by Crippen LogP contribution is 2.33. The number of benzene rings is 4. The lowest BCUT2D eigenvalue weighted by atomic mass is 9.97. The Labute approximate surface area is 202 Å². The molecule has 0 saturated heterocycles. The topological polar surface area (TPSA) is 86.7 Å². The molecule has 5 rings (SSSR count). The Morgan fingerprint density at radius 1 is 0.829 bits per heavy atom. The normalized spacial score (nSPS) is 11.7. The third-order valence-electron chi connectivity index (χ3n) is 5.97. The molecule has 0 radical (unpaired) electrons. The van der Waals surface area contributed by atoms with Crippen molar-refractivity contribution in [2.75, 3.05) is 5.73 Å². The van der Waals surface area contributed by atoms with Crippen LogP contribution in [0, 0.1) is 6.92 Å². The molecule has 0 spiro atoms. The number of hydrogen-bond acceptors (Lipinski definition) is 5. The van der Waals surface area contributed by atoms with Gasteiger partial charge in [0.1, 0.15) is 0 Å². The number of oxime groups is 1. The summed E-state index contributed by atoms with van der Waals surface area (Å²) in [6, 6.07) is 28.7. The number of nitrogen functional groups attached to an aromatic ring is 1. The van der Waals surface area contributed by atoms with Crippen molar-refractivity contribution in [1.29, 1.82) is 0 Å². The van der Waals surface area contributed by atoms with Crippen molar-refractivity contribution < 1.29 is 14.4 Å². The smallest absolute Gasteiger partial charge is 0.332 e. The number of para-hydroxylation sites is 1. The fourth-order valence-electron chi connectivity index (χ4n) is 4.33. The Morgan fingerprint density at radius 2 is 1.51 bits per heavy atom. The minimum absolute atomic E-state index is 0.0818. The Morgan fingerprint density at radius 3 is 2.26 bits per heavy atom. The molecule has 172 valence electrons. The predicted molar refractivity (Wildman–Crippen MR) is 139 cm³/mol. The van der Waals surface area contributed by atoms with Crippen LogP contribution >= 0.6 is 0 Å². The van der Waals surface area contributed by atoms with E-state index in [4.69, 9.17) is 10.6 Å². The summed E-state index contributed by atoms with van der Waals surface area (Å²) in [6.07, 6.45) is 0. The minimum atomic E-state index is -0.591. The Bertz CT molecular complexity index is 1630. The number of nitrogens with zero attached hydrogens (tertiary/aromatic N) is 2. The number of aromatic nitrogens is 1. The number of carbonyl (C=O) groups is 2. The third kappa shape index (κ3) is 4.06. The number of ketones is 1. The van der Waals surface area contributed by atoms with E-state index in [1.54, 1.807) is 18.2 Å². The van der Waals surface area contributed by atoms with Crippen LogP contribution in [0.1, 0.15) is 28.4 Å². The first kappa shape index (κ1) is 22.1. The predicted octanol–water partition coefficient (Wildman–Crippen LogP) is 5.82. The van der Waals surface area contributed by atoms with Crippen LogP contribution in [0.5, 0.6) is 0 Å². The maximum absolute atomic E-state index is 13.4. The van der Waals surface area contributed by atoms with Gasteiger partial charge in [-0.15, -0.1) is 0 Å². The van der Waals surface area contributed by atoms with Crippen LogP contribution in [-0.4, -0.2) is 22.0 Å². The van der Waals surface area contributed by atoms with Gasteiger partial charge in [0.2, 0.25) is 5.78 Å². The first-order valence-corrected chi connectivity index (χ1v) is 11.2. The quantitative estimate of drug-likeness (QED) is 0.117. The van der Waals surface area contributed by atoms with Gasteiger partial charge in [0.05, 0.1) is 11.0 Å². The fourth-order valence-corrected chi connectivity index (χ4v) is 4.33. The summed E-state index contributed by atoms with van der Waals surface area (Å²) in [6.45, 7) is 3.13. The van der Waals surface area contributed by atoms with E-state index in [0.29, 0.717) is 16.8 Å². The van der Waals surface area contributed by atoms with Gasteiger partial charge in [0, 0.05) is 40.2 Å². The maximum atomic E-state index is 13.4. The second-order valence-electron chi connectivity index (χ2n) is 8.34. The van der Waals surface area contributed by atoms with Gasteiger partial charge < -0.3 is 15.1 Å². The molecule has 1 aromatic heterocycles. The van der Waals surface area contributed by atoms with Crippen LogP contribution in [0.2, 0.25) is 0 Å². The van der Waals surface area contributed by atoms with Gasteiger partial charge in [-0.05, 0) is 61.0 Å². The van der Waals surface area contributed by atoms with Crippen LogP contribution in [0.4, 0.5) is 5.69 Å². The van der Waals surface area contributed by atoms with Crippen molar-refractivity contribution in [3.63, 3.8) is 0 Å². The molecule has 35 heavy (non-hydrogen) atoms. The molecule has 1 heterocycles. The van der Waals surface area contributed by atoms with Crippen molar-refractivity contribution >= 4 is 45.0 Å². The van der Waals surface area contributed by atoms with E-state index in [1.165, 1.54) is 6.92 Å². The van der Waals surface area contributed by atoms with Crippen molar-refractivity contribution in [1.82, 2.24) is 4.57 Å². The van der Waals surface area contributed by atoms with Gasteiger partial charge in [0.15, 0.2) is 5.71 Å². The molecule has 0 saturated carbocycles. The average Bonchev–Trinajstić information content (AvgIpc) is 3.18. The molecule has 0 aliphatic heterocycles. The first-order valence-electron chi connectivity index (χ1n) is 11.2. The number of carbonyl (C=O) groups excluding carboxylic acids is 2. The van der Waals surface area contributed by atoms with Crippen molar-refractivity contribution in [3.8, 4) is 5.69 Å². The molecule has 6 heteroatoms. The molecule has 0 atom stereocenters. The van der Waals surface area contributed by atoms with Crippen molar-refractivity contribution in [2.24, 2.45) is 5.16 Å². The third-order valence-corrected chi connectivity index (χ3v) is 5.97. The largest absolute Gasteiger partial charge is 0.399 e. The molecule has 0 bridgehead atoms. The van der Waals surface area contributed by atoms with Crippen LogP contribution < -0.4 is 5.73 Å². The number of hydrogen-bond donors (Lipinski definition) is 1. The molecule has 6 nitrogen and oxygen atoms in total. The molecule has 5 aromatic rings. The number of nitrogens with two attached hydrogens (primary N) is 1. The molecule has 0 aliphatic carbocycles. The van der Waals surface area contributed by atoms with Crippen LogP contribution in [-0.2, 0) is 9.63 Å². The van der Waals surface area contributed by atoms with Gasteiger partial charge >= 0.3 is 5.97 Å². The number of anilines is 1. The van der Waals surface area contributed by atoms with Gasteiger partial charge in [-0.3, -0.25) is 4.79 Å². The minimum Gasteiger partial charge on any atom is -0.399 e. The van der Waals surface area contributed by atoms with Crippen LogP contribution in [0.15, 0.2) is 96.2 Å². The van der Waals surface area contributed by atoms with Gasteiger partial charge in [-0.1, -0.05) is 47.6 Å². The maximum Gasteiger partial charge on any atom is 0.332 e. The second kappa shape index (κ2) is 8.91. The summed E-state index contributed by atoms with van der Waals surface area (Å²) in [5.41, 5.74) is 11.7. The summed E-state index contributed by atoms with van der Waals surface area (Å²) in [5, 5.41) is 6.06. The zero-order valence-corrected chi connectivity index (χ0v) is 19.4. The second-order valence-corrected chi connectivity index (χ2v) is 8.34. The molecule has 0 unspecified atom stereocenters. The lowest BCUT2D eigenvalue weighted by Crippen LogP contribution is -2.18. The fraction of sp³-hybridized carbons (Fsp3) is 0.0690. The molecule has 2 N–H and O–H groups in total. The van der Waals surface area contributed by atoms with Gasteiger partial charge in [-0.2, -0.15) is 0 Å². The van der Waals surface area contributed by atoms with Gasteiger partial charge in [0.25, 0.3) is 0 Å². The number of Topliss-reactive ketones (excluding diaryl/α,β-unsaturated/α-hetero) is 1. The SMILES string of the molecule is CC(=O)O/N=C(\C(=O)c1ccc(-n2c3ccccc3c3cc(N)ccc32)cc1)c1ccccc1C. The van der Waals surface area contributed by atoms with E-state index in [9.17, 15) is 9.59 Å². The Kier molecular flexibility index (Phi) is 5.63. The lowest BCUT2D eigenvalue weighted by Gasteiger charge is -2.11. The van der Waals surface area contributed by atoms with Crippen LogP contribution in [0.25, 0.3) is 27.5 Å². The Balaban J connectivity index is 1.59.